The minimum absolute atomic E-state index is 0.372. The van der Waals surface area contributed by atoms with Crippen molar-refractivity contribution in [2.45, 2.75) is 50.6 Å². The van der Waals surface area contributed by atoms with Gasteiger partial charge in [-0.2, -0.15) is 0 Å². The molecule has 2 fully saturated rings. The van der Waals surface area contributed by atoms with Crippen LogP contribution in [0, 0.1) is 6.92 Å². The molecule has 86 valence electrons. The van der Waals surface area contributed by atoms with Gasteiger partial charge in [0.1, 0.15) is 0 Å². The fourth-order valence-electron chi connectivity index (χ4n) is 3.75. The van der Waals surface area contributed by atoms with E-state index >= 15 is 0 Å². The average Bonchev–Trinajstić information content (AvgIpc) is 2.52. The summed E-state index contributed by atoms with van der Waals surface area (Å²) in [5, 5.41) is 0. The second-order valence-electron chi connectivity index (χ2n) is 5.59. The van der Waals surface area contributed by atoms with E-state index in [0.29, 0.717) is 5.54 Å². The van der Waals surface area contributed by atoms with E-state index in [9.17, 15) is 0 Å². The molecule has 1 heteroatoms. The molecule has 0 N–H and O–H groups in total. The Morgan fingerprint density at radius 2 is 1.88 bits per heavy atom. The molecule has 0 aliphatic carbocycles. The molecule has 0 saturated carbocycles. The molecule has 2 unspecified atom stereocenters. The molecule has 2 aliphatic heterocycles. The fraction of sp³-hybridized carbons (Fsp3) is 0.600. The summed E-state index contributed by atoms with van der Waals surface area (Å²) in [6, 6.07) is 10.1. The van der Waals surface area contributed by atoms with Crippen molar-refractivity contribution in [3.8, 4) is 0 Å². The number of piperidine rings is 1. The number of hydrogen-bond donors (Lipinski definition) is 0. The topological polar surface area (TPSA) is 3.24 Å². The molecule has 1 nitrogen and oxygen atoms in total. The molecule has 0 amide bonds. The van der Waals surface area contributed by atoms with Crippen LogP contribution in [-0.2, 0) is 5.54 Å². The van der Waals surface area contributed by atoms with Crippen LogP contribution >= 0.6 is 0 Å². The SMILES string of the molecule is Cc1ccc(C23CCCC(CC2)N3C)cc1. The predicted octanol–water partition coefficient (Wildman–Crippen LogP) is 3.47. The van der Waals surface area contributed by atoms with Gasteiger partial charge in [-0.25, -0.2) is 0 Å². The van der Waals surface area contributed by atoms with E-state index in [1.807, 2.05) is 0 Å². The van der Waals surface area contributed by atoms with E-state index in [0.717, 1.165) is 6.04 Å². The van der Waals surface area contributed by atoms with Crippen LogP contribution in [0.1, 0.15) is 43.2 Å². The number of rotatable bonds is 1. The molecular formula is C15H21N. The molecule has 2 heterocycles. The molecule has 2 atom stereocenters. The van der Waals surface area contributed by atoms with Crippen molar-refractivity contribution in [2.75, 3.05) is 7.05 Å². The smallest absolute Gasteiger partial charge is 0.0461 e. The first kappa shape index (κ1) is 10.3. The summed E-state index contributed by atoms with van der Waals surface area (Å²) in [4.78, 5) is 2.65. The number of aryl methyl sites for hydroxylation is 1. The average molecular weight is 215 g/mol. The Balaban J connectivity index is 2.01. The van der Waals surface area contributed by atoms with Gasteiger partial charge >= 0.3 is 0 Å². The molecule has 2 saturated heterocycles. The highest BCUT2D eigenvalue weighted by molar-refractivity contribution is 5.30. The Hall–Kier alpha value is -0.820. The summed E-state index contributed by atoms with van der Waals surface area (Å²) in [6.07, 6.45) is 6.91. The van der Waals surface area contributed by atoms with E-state index in [1.165, 1.54) is 37.7 Å². The van der Waals surface area contributed by atoms with Crippen LogP contribution in [0.15, 0.2) is 24.3 Å². The molecule has 2 aliphatic rings. The Bertz CT molecular complexity index is 377. The van der Waals surface area contributed by atoms with Crippen molar-refractivity contribution in [3.05, 3.63) is 35.4 Å². The molecule has 16 heavy (non-hydrogen) atoms. The first-order valence-electron chi connectivity index (χ1n) is 6.52. The van der Waals surface area contributed by atoms with Gasteiger partial charge < -0.3 is 0 Å². The highest BCUT2D eigenvalue weighted by Crippen LogP contribution is 2.49. The van der Waals surface area contributed by atoms with Crippen molar-refractivity contribution in [3.63, 3.8) is 0 Å². The zero-order valence-corrected chi connectivity index (χ0v) is 10.4. The second-order valence-corrected chi connectivity index (χ2v) is 5.59. The Labute approximate surface area is 98.5 Å². The van der Waals surface area contributed by atoms with Gasteiger partial charge in [-0.3, -0.25) is 4.90 Å². The first-order valence-corrected chi connectivity index (χ1v) is 6.52. The van der Waals surface area contributed by atoms with Crippen LogP contribution in [0.2, 0.25) is 0 Å². The summed E-state index contributed by atoms with van der Waals surface area (Å²) in [5.74, 6) is 0. The van der Waals surface area contributed by atoms with Crippen molar-refractivity contribution < 1.29 is 0 Å². The molecule has 1 aromatic carbocycles. The van der Waals surface area contributed by atoms with Gasteiger partial charge in [-0.1, -0.05) is 29.8 Å². The van der Waals surface area contributed by atoms with Gasteiger partial charge in [0, 0.05) is 11.6 Å². The van der Waals surface area contributed by atoms with Crippen LogP contribution in [-0.4, -0.2) is 18.0 Å². The van der Waals surface area contributed by atoms with Gasteiger partial charge in [-0.05, 0) is 51.6 Å². The maximum absolute atomic E-state index is 2.65. The van der Waals surface area contributed by atoms with E-state index in [1.54, 1.807) is 5.56 Å². The Morgan fingerprint density at radius 3 is 2.62 bits per heavy atom. The van der Waals surface area contributed by atoms with Crippen molar-refractivity contribution in [2.24, 2.45) is 0 Å². The Kier molecular flexibility index (Phi) is 2.32. The summed E-state index contributed by atoms with van der Waals surface area (Å²) < 4.78 is 0. The fourth-order valence-corrected chi connectivity index (χ4v) is 3.75. The van der Waals surface area contributed by atoms with Gasteiger partial charge in [0.2, 0.25) is 0 Å². The summed E-state index contributed by atoms with van der Waals surface area (Å²) >= 11 is 0. The minimum Gasteiger partial charge on any atom is -0.294 e. The quantitative estimate of drug-likeness (QED) is 0.693. The maximum atomic E-state index is 2.65. The summed E-state index contributed by atoms with van der Waals surface area (Å²) in [6.45, 7) is 2.17. The first-order chi connectivity index (χ1) is 7.72. The van der Waals surface area contributed by atoms with Crippen LogP contribution in [0.3, 0.4) is 0 Å². The zero-order chi connectivity index (χ0) is 11.2. The molecule has 3 rings (SSSR count). The van der Waals surface area contributed by atoms with Gasteiger partial charge in [0.05, 0.1) is 0 Å². The standard InChI is InChI=1S/C15H21N/c1-12-5-7-13(8-6-12)15-10-3-4-14(9-11-15)16(15)2/h5-8,14H,3-4,9-11H2,1-2H3. The highest BCUT2D eigenvalue weighted by atomic mass is 15.2. The third-order valence-electron chi connectivity index (χ3n) is 4.83. The second kappa shape index (κ2) is 3.59. The predicted molar refractivity (Wildman–Crippen MR) is 67.5 cm³/mol. The minimum atomic E-state index is 0.372. The molecule has 0 spiro atoms. The molecule has 2 bridgehead atoms. The lowest BCUT2D eigenvalue weighted by molar-refractivity contribution is 0.0805. The van der Waals surface area contributed by atoms with Crippen LogP contribution in [0.25, 0.3) is 0 Å². The van der Waals surface area contributed by atoms with Gasteiger partial charge in [0.25, 0.3) is 0 Å². The van der Waals surface area contributed by atoms with Crippen molar-refractivity contribution in [1.82, 2.24) is 4.90 Å². The number of nitrogens with zero attached hydrogens (tertiary/aromatic N) is 1. The molecule has 0 radical (unpaired) electrons. The zero-order valence-electron chi connectivity index (χ0n) is 10.4. The van der Waals surface area contributed by atoms with E-state index in [4.69, 9.17) is 0 Å². The van der Waals surface area contributed by atoms with Crippen molar-refractivity contribution in [1.29, 1.82) is 0 Å². The number of hydrogen-bond acceptors (Lipinski definition) is 1. The lowest BCUT2D eigenvalue weighted by Gasteiger charge is -2.43. The lowest BCUT2D eigenvalue weighted by Crippen LogP contribution is -2.45. The molecule has 1 aromatic rings. The number of fused-ring (bicyclic) bond motifs is 2. The third kappa shape index (κ3) is 1.34. The molecular weight excluding hydrogens is 194 g/mol. The van der Waals surface area contributed by atoms with Crippen molar-refractivity contribution >= 4 is 0 Å². The largest absolute Gasteiger partial charge is 0.294 e. The van der Waals surface area contributed by atoms with Crippen LogP contribution < -0.4 is 0 Å². The van der Waals surface area contributed by atoms with Gasteiger partial charge in [-0.15, -0.1) is 0 Å². The Morgan fingerprint density at radius 1 is 1.12 bits per heavy atom. The lowest BCUT2D eigenvalue weighted by atomic mass is 9.82. The van der Waals surface area contributed by atoms with E-state index < -0.39 is 0 Å². The monoisotopic (exact) mass is 215 g/mol. The summed E-state index contributed by atoms with van der Waals surface area (Å²) in [7, 11) is 2.33. The summed E-state index contributed by atoms with van der Waals surface area (Å²) in [5.41, 5.74) is 3.28. The van der Waals surface area contributed by atoms with Crippen LogP contribution in [0.5, 0.6) is 0 Å². The van der Waals surface area contributed by atoms with E-state index in [2.05, 4.69) is 43.1 Å². The third-order valence-corrected chi connectivity index (χ3v) is 4.83. The van der Waals surface area contributed by atoms with Crippen LogP contribution in [0.4, 0.5) is 0 Å². The number of benzene rings is 1. The highest BCUT2D eigenvalue weighted by Gasteiger charge is 2.47. The van der Waals surface area contributed by atoms with Gasteiger partial charge in [0.15, 0.2) is 0 Å². The van der Waals surface area contributed by atoms with E-state index in [-0.39, 0.29) is 0 Å². The maximum Gasteiger partial charge on any atom is 0.0461 e. The molecule has 0 aromatic heterocycles. The normalized spacial score (nSPS) is 34.2.